The summed E-state index contributed by atoms with van der Waals surface area (Å²) in [5.41, 5.74) is 5.77. The van der Waals surface area contributed by atoms with Gasteiger partial charge in [0, 0.05) is 26.3 Å². The first-order chi connectivity index (χ1) is 11.3. The molecule has 0 radical (unpaired) electrons. The number of ether oxygens (including phenoxy) is 1. The van der Waals surface area contributed by atoms with Gasteiger partial charge >= 0.3 is 0 Å². The van der Waals surface area contributed by atoms with Crippen molar-refractivity contribution in [2.24, 2.45) is 11.1 Å². The van der Waals surface area contributed by atoms with E-state index < -0.39 is 5.41 Å². The van der Waals surface area contributed by atoms with Gasteiger partial charge < -0.3 is 20.7 Å². The molecule has 25 heavy (non-hydrogen) atoms. The molecule has 1 aromatic rings. The van der Waals surface area contributed by atoms with E-state index in [4.69, 9.17) is 22.1 Å². The van der Waals surface area contributed by atoms with Crippen molar-refractivity contribution in [3.8, 4) is 5.75 Å². The third-order valence-corrected chi connectivity index (χ3v) is 4.56. The van der Waals surface area contributed by atoms with Gasteiger partial charge in [0.05, 0.1) is 10.4 Å². The number of carbonyl (C=O) groups is 2. The zero-order chi connectivity index (χ0) is 18.3. The molecule has 2 amide bonds. The first-order valence-electron chi connectivity index (χ1n) is 7.93. The van der Waals surface area contributed by atoms with Crippen molar-refractivity contribution in [3.05, 3.63) is 23.2 Å². The number of benzene rings is 1. The highest BCUT2D eigenvalue weighted by molar-refractivity contribution is 6.32. The minimum Gasteiger partial charge on any atom is -0.482 e. The van der Waals surface area contributed by atoms with Crippen LogP contribution in [0.1, 0.15) is 26.7 Å². The van der Waals surface area contributed by atoms with Gasteiger partial charge in [-0.1, -0.05) is 25.4 Å². The monoisotopic (exact) mass is 391 g/mol. The number of nitrogens with one attached hydrogen (secondary N) is 1. The van der Waals surface area contributed by atoms with Crippen molar-refractivity contribution < 1.29 is 14.3 Å². The van der Waals surface area contributed by atoms with Gasteiger partial charge in [0.25, 0.3) is 5.91 Å². The molecule has 0 saturated carbocycles. The lowest BCUT2D eigenvalue weighted by molar-refractivity contribution is -0.130. The lowest BCUT2D eigenvalue weighted by Crippen LogP contribution is -2.41. The molecule has 0 bridgehead atoms. The molecule has 0 aromatic heterocycles. The first-order valence-corrected chi connectivity index (χ1v) is 8.31. The molecule has 0 aliphatic heterocycles. The van der Waals surface area contributed by atoms with Crippen LogP contribution < -0.4 is 15.8 Å². The average molecular weight is 392 g/mol. The Balaban J connectivity index is 0.00000576. The summed E-state index contributed by atoms with van der Waals surface area (Å²) in [5, 5.41) is 3.18. The average Bonchev–Trinajstić information content (AvgIpc) is 2.55. The predicted octanol–water partition coefficient (Wildman–Crippen LogP) is 2.93. The normalized spacial score (nSPS) is 10.6. The summed E-state index contributed by atoms with van der Waals surface area (Å²) < 4.78 is 5.39. The Kier molecular flexibility index (Phi) is 9.85. The Labute approximate surface area is 160 Å². The molecule has 0 atom stereocenters. The molecule has 1 aromatic carbocycles. The highest BCUT2D eigenvalue weighted by atomic mass is 35.5. The van der Waals surface area contributed by atoms with Crippen LogP contribution in [0.25, 0.3) is 0 Å². The van der Waals surface area contributed by atoms with E-state index in [-0.39, 0.29) is 37.4 Å². The van der Waals surface area contributed by atoms with Crippen LogP contribution in [0, 0.1) is 5.41 Å². The summed E-state index contributed by atoms with van der Waals surface area (Å²) in [5.74, 6) is 0.102. The highest BCUT2D eigenvalue weighted by Crippen LogP contribution is 2.30. The quantitative estimate of drug-likeness (QED) is 0.713. The van der Waals surface area contributed by atoms with Gasteiger partial charge in [0.15, 0.2) is 6.61 Å². The van der Waals surface area contributed by atoms with E-state index in [0.29, 0.717) is 29.3 Å². The molecule has 0 spiro atoms. The maximum absolute atomic E-state index is 12.5. The molecule has 3 N–H and O–H groups in total. The Morgan fingerprint density at radius 3 is 2.32 bits per heavy atom. The van der Waals surface area contributed by atoms with Crippen LogP contribution >= 0.6 is 24.0 Å². The van der Waals surface area contributed by atoms with Crippen molar-refractivity contribution in [2.45, 2.75) is 26.7 Å². The molecule has 0 fully saturated rings. The molecule has 0 aliphatic rings. The Hall–Kier alpha value is -1.50. The van der Waals surface area contributed by atoms with Gasteiger partial charge in [-0.3, -0.25) is 9.59 Å². The fourth-order valence-electron chi connectivity index (χ4n) is 2.18. The second kappa shape index (κ2) is 10.5. The molecule has 0 unspecified atom stereocenters. The summed E-state index contributed by atoms with van der Waals surface area (Å²) >= 11 is 6.17. The lowest BCUT2D eigenvalue weighted by atomic mass is 9.81. The largest absolute Gasteiger partial charge is 0.482 e. The van der Waals surface area contributed by atoms with Crippen molar-refractivity contribution in [1.29, 1.82) is 0 Å². The molecule has 1 rings (SSSR count). The van der Waals surface area contributed by atoms with Crippen LogP contribution in [0.5, 0.6) is 5.75 Å². The number of hydrogen-bond donors (Lipinski definition) is 2. The second-order valence-electron chi connectivity index (χ2n) is 5.87. The van der Waals surface area contributed by atoms with Gasteiger partial charge in [-0.05, 0) is 31.0 Å². The number of amides is 2. The maximum atomic E-state index is 12.5. The topological polar surface area (TPSA) is 84.7 Å². The van der Waals surface area contributed by atoms with Crippen LogP contribution in [0.15, 0.2) is 18.2 Å². The van der Waals surface area contributed by atoms with E-state index in [1.807, 2.05) is 13.8 Å². The minimum absolute atomic E-state index is 0. The van der Waals surface area contributed by atoms with Gasteiger partial charge in [-0.15, -0.1) is 12.4 Å². The predicted molar refractivity (Wildman–Crippen MR) is 104 cm³/mol. The lowest BCUT2D eigenvalue weighted by Gasteiger charge is -2.28. The molecule has 6 nitrogen and oxygen atoms in total. The molecule has 142 valence electrons. The summed E-state index contributed by atoms with van der Waals surface area (Å²) in [6.07, 6.45) is 1.32. The summed E-state index contributed by atoms with van der Waals surface area (Å²) in [4.78, 5) is 25.5. The minimum atomic E-state index is -0.584. The van der Waals surface area contributed by atoms with Gasteiger partial charge in [0.2, 0.25) is 5.91 Å². The van der Waals surface area contributed by atoms with Gasteiger partial charge in [-0.2, -0.15) is 0 Å². The summed E-state index contributed by atoms with van der Waals surface area (Å²) in [6.45, 7) is 4.08. The Morgan fingerprint density at radius 2 is 1.88 bits per heavy atom. The standard InChI is InChI=1S/C17H26ClN3O3.ClH/c1-5-17(6-2,11-19)16(23)20-12-7-8-14(13(18)9-12)24-10-15(22)21(3)4;/h7-9H,5-6,10-11,19H2,1-4H3,(H,20,23);1H. The summed E-state index contributed by atoms with van der Waals surface area (Å²) in [6, 6.07) is 4.91. The fraction of sp³-hybridized carbons (Fsp3) is 0.529. The number of nitrogens with two attached hydrogens (primary N) is 1. The van der Waals surface area contributed by atoms with Gasteiger partial charge in [0.1, 0.15) is 5.75 Å². The third kappa shape index (κ3) is 6.06. The van der Waals surface area contributed by atoms with Crippen LogP contribution in [0.4, 0.5) is 5.69 Å². The molecular formula is C17H27Cl2N3O3. The zero-order valence-corrected chi connectivity index (χ0v) is 16.7. The zero-order valence-electron chi connectivity index (χ0n) is 15.1. The van der Waals surface area contributed by atoms with E-state index in [1.165, 1.54) is 4.90 Å². The number of nitrogens with zero attached hydrogens (tertiary/aromatic N) is 1. The smallest absolute Gasteiger partial charge is 0.259 e. The van der Waals surface area contributed by atoms with E-state index in [1.54, 1.807) is 32.3 Å². The van der Waals surface area contributed by atoms with E-state index in [2.05, 4.69) is 5.32 Å². The SMILES string of the molecule is CCC(CC)(CN)C(=O)Nc1ccc(OCC(=O)N(C)C)c(Cl)c1.Cl. The number of anilines is 1. The Morgan fingerprint density at radius 1 is 1.28 bits per heavy atom. The van der Waals surface area contributed by atoms with Gasteiger partial charge in [-0.25, -0.2) is 0 Å². The highest BCUT2D eigenvalue weighted by Gasteiger charge is 2.33. The maximum Gasteiger partial charge on any atom is 0.259 e. The second-order valence-corrected chi connectivity index (χ2v) is 6.27. The van der Waals surface area contributed by atoms with Crippen LogP contribution in [-0.4, -0.2) is 44.0 Å². The van der Waals surface area contributed by atoms with Crippen molar-refractivity contribution in [1.82, 2.24) is 4.90 Å². The number of carbonyl (C=O) groups excluding carboxylic acids is 2. The van der Waals surface area contributed by atoms with E-state index in [9.17, 15) is 9.59 Å². The van der Waals surface area contributed by atoms with E-state index in [0.717, 1.165) is 0 Å². The van der Waals surface area contributed by atoms with Crippen molar-refractivity contribution in [2.75, 3.05) is 32.6 Å². The third-order valence-electron chi connectivity index (χ3n) is 4.27. The van der Waals surface area contributed by atoms with E-state index >= 15 is 0 Å². The van der Waals surface area contributed by atoms with Crippen LogP contribution in [0.3, 0.4) is 0 Å². The molecule has 0 heterocycles. The van der Waals surface area contributed by atoms with Crippen molar-refractivity contribution in [3.63, 3.8) is 0 Å². The molecule has 0 saturated heterocycles. The first kappa shape index (κ1) is 23.5. The van der Waals surface area contributed by atoms with Crippen LogP contribution in [0.2, 0.25) is 5.02 Å². The number of likely N-dealkylation sites (N-methyl/N-ethyl adjacent to an activating group) is 1. The summed E-state index contributed by atoms with van der Waals surface area (Å²) in [7, 11) is 3.30. The molecule has 0 aliphatic carbocycles. The fourth-order valence-corrected chi connectivity index (χ4v) is 2.42. The molecule has 8 heteroatoms. The molecular weight excluding hydrogens is 365 g/mol. The number of halogens is 2. The number of hydrogen-bond acceptors (Lipinski definition) is 4. The van der Waals surface area contributed by atoms with Crippen LogP contribution in [-0.2, 0) is 9.59 Å². The Bertz CT molecular complexity index is 582. The number of rotatable bonds is 8. The van der Waals surface area contributed by atoms with Crippen molar-refractivity contribution >= 4 is 41.5 Å².